The molecule has 0 radical (unpaired) electrons. The van der Waals surface area contributed by atoms with E-state index in [-0.39, 0.29) is 18.1 Å². The van der Waals surface area contributed by atoms with Crippen LogP contribution < -0.4 is 0 Å². The molecule has 1 aliphatic carbocycles. The van der Waals surface area contributed by atoms with Crippen LogP contribution in [-0.4, -0.2) is 16.7 Å². The van der Waals surface area contributed by atoms with Crippen LogP contribution in [0.15, 0.2) is 0 Å². The van der Waals surface area contributed by atoms with Crippen LogP contribution in [0.25, 0.3) is 0 Å². The second kappa shape index (κ2) is 5.20. The van der Waals surface area contributed by atoms with Crippen LogP contribution in [0, 0.1) is 5.92 Å². The minimum atomic E-state index is -4.08. The quantitative estimate of drug-likeness (QED) is 0.461. The van der Waals surface area contributed by atoms with E-state index in [0.29, 0.717) is 12.8 Å². The number of alkyl halides is 3. The van der Waals surface area contributed by atoms with E-state index in [1.165, 1.54) is 0 Å². The van der Waals surface area contributed by atoms with Crippen molar-refractivity contribution in [2.75, 3.05) is 0 Å². The highest BCUT2D eigenvalue weighted by molar-refractivity contribution is 7.95. The third-order valence-corrected chi connectivity index (χ3v) is 3.23. The molecule has 0 saturated heterocycles. The maximum absolute atomic E-state index is 12.2. The van der Waals surface area contributed by atoms with Gasteiger partial charge in [-0.3, -0.25) is 0 Å². The zero-order valence-corrected chi connectivity index (χ0v) is 8.11. The summed E-state index contributed by atoms with van der Waals surface area (Å²) in [6, 6.07) is 0. The molecular weight excluding hydrogens is 221 g/mol. The second-order valence-electron chi connectivity index (χ2n) is 3.25. The van der Waals surface area contributed by atoms with E-state index in [2.05, 4.69) is 9.37 Å². The van der Waals surface area contributed by atoms with E-state index < -0.39 is 12.1 Å². The second-order valence-corrected chi connectivity index (χ2v) is 4.25. The minimum Gasteiger partial charge on any atom is -0.220 e. The highest BCUT2D eigenvalue weighted by atomic mass is 32.2. The van der Waals surface area contributed by atoms with Gasteiger partial charge in [-0.05, 0) is 25.7 Å². The van der Waals surface area contributed by atoms with Gasteiger partial charge < -0.3 is 0 Å². The average molecular weight is 232 g/mol. The van der Waals surface area contributed by atoms with Gasteiger partial charge in [-0.1, -0.05) is 5.04 Å². The standard InChI is InChI=1S/C7H11F3O3S/c8-7(9,10)5-1-3-6(4-2-5)14-13-12-11/h5-6,11H,1-4H2. The number of hydrogen-bond acceptors (Lipinski definition) is 4. The van der Waals surface area contributed by atoms with Crippen molar-refractivity contribution >= 4 is 12.0 Å². The SMILES string of the molecule is OOOSC1CCC(C(F)(F)F)CC1. The maximum Gasteiger partial charge on any atom is 0.391 e. The first-order valence-corrected chi connectivity index (χ1v) is 5.04. The molecular formula is C7H11F3O3S. The molecule has 0 bridgehead atoms. The summed E-state index contributed by atoms with van der Waals surface area (Å²) in [4.78, 5) is 0. The average Bonchev–Trinajstić information content (AvgIpc) is 2.14. The van der Waals surface area contributed by atoms with Crippen molar-refractivity contribution in [3.8, 4) is 0 Å². The molecule has 0 aromatic carbocycles. The van der Waals surface area contributed by atoms with Crippen molar-refractivity contribution < 1.29 is 27.8 Å². The van der Waals surface area contributed by atoms with Crippen molar-refractivity contribution in [2.24, 2.45) is 5.92 Å². The van der Waals surface area contributed by atoms with Crippen molar-refractivity contribution in [1.82, 2.24) is 0 Å². The summed E-state index contributed by atoms with van der Waals surface area (Å²) in [6.45, 7) is 0. The van der Waals surface area contributed by atoms with Gasteiger partial charge in [-0.25, -0.2) is 5.26 Å². The van der Waals surface area contributed by atoms with Crippen LogP contribution in [0.1, 0.15) is 25.7 Å². The molecule has 0 unspecified atom stereocenters. The van der Waals surface area contributed by atoms with Gasteiger partial charge in [0.15, 0.2) is 0 Å². The summed E-state index contributed by atoms with van der Waals surface area (Å²) in [5.41, 5.74) is 0. The topological polar surface area (TPSA) is 38.7 Å². The molecule has 1 rings (SSSR count). The smallest absolute Gasteiger partial charge is 0.220 e. The van der Waals surface area contributed by atoms with Gasteiger partial charge in [0.2, 0.25) is 0 Å². The number of hydrogen-bond donors (Lipinski definition) is 1. The van der Waals surface area contributed by atoms with Gasteiger partial charge >= 0.3 is 6.18 Å². The predicted octanol–water partition coefficient (Wildman–Crippen LogP) is 3.18. The van der Waals surface area contributed by atoms with Crippen LogP contribution in [0.3, 0.4) is 0 Å². The first-order chi connectivity index (χ1) is 6.54. The van der Waals surface area contributed by atoms with E-state index in [0.717, 1.165) is 12.0 Å². The lowest BCUT2D eigenvalue weighted by molar-refractivity contribution is -0.432. The molecule has 14 heavy (non-hydrogen) atoms. The Morgan fingerprint density at radius 3 is 2.14 bits per heavy atom. The van der Waals surface area contributed by atoms with Crippen LogP contribution >= 0.6 is 12.0 Å². The summed E-state index contributed by atoms with van der Waals surface area (Å²) in [5.74, 6) is -1.19. The third kappa shape index (κ3) is 3.64. The van der Waals surface area contributed by atoms with Gasteiger partial charge in [0, 0.05) is 17.3 Å². The zero-order valence-electron chi connectivity index (χ0n) is 7.29. The maximum atomic E-state index is 12.2. The molecule has 0 amide bonds. The lowest BCUT2D eigenvalue weighted by atomic mass is 9.88. The van der Waals surface area contributed by atoms with E-state index in [4.69, 9.17) is 5.26 Å². The molecule has 0 spiro atoms. The van der Waals surface area contributed by atoms with Crippen molar-refractivity contribution in [3.05, 3.63) is 0 Å². The first kappa shape index (κ1) is 12.1. The Hall–Kier alpha value is 0.0200. The Bertz CT molecular complexity index is 168. The Labute approximate surface area is 83.6 Å². The first-order valence-electron chi connectivity index (χ1n) is 4.24. The van der Waals surface area contributed by atoms with Gasteiger partial charge in [0.05, 0.1) is 5.92 Å². The fourth-order valence-corrected chi connectivity index (χ4v) is 2.17. The molecule has 0 aromatic heterocycles. The highest BCUT2D eigenvalue weighted by Gasteiger charge is 2.41. The van der Waals surface area contributed by atoms with Crippen molar-refractivity contribution in [1.29, 1.82) is 0 Å². The van der Waals surface area contributed by atoms with Crippen molar-refractivity contribution in [3.63, 3.8) is 0 Å². The monoisotopic (exact) mass is 232 g/mol. The third-order valence-electron chi connectivity index (χ3n) is 2.34. The normalized spacial score (nSPS) is 29.1. The Morgan fingerprint density at radius 1 is 1.14 bits per heavy atom. The van der Waals surface area contributed by atoms with Gasteiger partial charge in [0.1, 0.15) is 0 Å². The Morgan fingerprint density at radius 2 is 1.71 bits per heavy atom. The van der Waals surface area contributed by atoms with Crippen LogP contribution in [0.4, 0.5) is 13.2 Å². The van der Waals surface area contributed by atoms with Crippen LogP contribution in [0.2, 0.25) is 0 Å². The summed E-state index contributed by atoms with van der Waals surface area (Å²) < 4.78 is 40.8. The fraction of sp³-hybridized carbons (Fsp3) is 1.00. The van der Waals surface area contributed by atoms with E-state index >= 15 is 0 Å². The molecule has 1 aliphatic rings. The molecule has 0 atom stereocenters. The summed E-state index contributed by atoms with van der Waals surface area (Å²) in [5, 5.41) is 11.2. The minimum absolute atomic E-state index is 0.0271. The lowest BCUT2D eigenvalue weighted by Crippen LogP contribution is -2.28. The summed E-state index contributed by atoms with van der Waals surface area (Å²) in [6.07, 6.45) is -2.98. The predicted molar refractivity (Wildman–Crippen MR) is 44.2 cm³/mol. The van der Waals surface area contributed by atoms with Crippen molar-refractivity contribution in [2.45, 2.75) is 37.1 Å². The van der Waals surface area contributed by atoms with Gasteiger partial charge in [0.25, 0.3) is 0 Å². The fourth-order valence-electron chi connectivity index (χ4n) is 1.56. The van der Waals surface area contributed by atoms with Gasteiger partial charge in [-0.2, -0.15) is 13.2 Å². The number of rotatable bonds is 3. The molecule has 0 aromatic rings. The zero-order chi connectivity index (χ0) is 10.6. The molecule has 1 N–H and O–H groups in total. The van der Waals surface area contributed by atoms with E-state index in [1.807, 2.05) is 0 Å². The Kier molecular flexibility index (Phi) is 4.49. The molecule has 1 saturated carbocycles. The summed E-state index contributed by atoms with van der Waals surface area (Å²) >= 11 is 0.870. The number of halogens is 3. The molecule has 84 valence electrons. The lowest BCUT2D eigenvalue weighted by Gasteiger charge is -2.28. The highest BCUT2D eigenvalue weighted by Crippen LogP contribution is 2.40. The molecule has 7 heteroatoms. The summed E-state index contributed by atoms with van der Waals surface area (Å²) in [7, 11) is 0. The Balaban J connectivity index is 2.24. The van der Waals surface area contributed by atoms with Crippen LogP contribution in [0.5, 0.6) is 0 Å². The molecule has 1 fully saturated rings. The van der Waals surface area contributed by atoms with Gasteiger partial charge in [-0.15, -0.1) is 4.33 Å². The van der Waals surface area contributed by atoms with E-state index in [1.54, 1.807) is 0 Å². The largest absolute Gasteiger partial charge is 0.391 e. The molecule has 3 nitrogen and oxygen atoms in total. The van der Waals surface area contributed by atoms with Crippen LogP contribution in [-0.2, 0) is 9.37 Å². The molecule has 0 heterocycles. The van der Waals surface area contributed by atoms with E-state index in [9.17, 15) is 13.2 Å². The molecule has 0 aliphatic heterocycles.